The van der Waals surface area contributed by atoms with Gasteiger partial charge in [0.2, 0.25) is 11.2 Å². The molecule has 8 heteroatoms. The molecule has 7 nitrogen and oxygen atoms in total. The fraction of sp³-hybridized carbons (Fsp3) is 0.115. The standard InChI is InChI=1S/C26H20ClNO6/c1-15-12-21-19(13-20(15)27)23(30)25(24(34-21)16-6-4-3-5-7-16)33-14-22(29)28-18-10-8-17(9-11-18)26(31)32-2/h3-13H,14H2,1-2H3,(H,28,29). The van der Waals surface area contributed by atoms with Crippen LogP contribution in [0.15, 0.2) is 75.9 Å². The fourth-order valence-corrected chi connectivity index (χ4v) is 3.52. The molecule has 1 heterocycles. The lowest BCUT2D eigenvalue weighted by Gasteiger charge is -2.12. The van der Waals surface area contributed by atoms with Gasteiger partial charge in [-0.05, 0) is 48.9 Å². The van der Waals surface area contributed by atoms with Gasteiger partial charge >= 0.3 is 5.97 Å². The van der Waals surface area contributed by atoms with Crippen LogP contribution in [0.3, 0.4) is 0 Å². The van der Waals surface area contributed by atoms with E-state index in [0.29, 0.717) is 27.4 Å². The molecule has 0 saturated heterocycles. The lowest BCUT2D eigenvalue weighted by Crippen LogP contribution is -2.22. The summed E-state index contributed by atoms with van der Waals surface area (Å²) in [7, 11) is 1.29. The number of hydrogen-bond acceptors (Lipinski definition) is 6. The van der Waals surface area contributed by atoms with Gasteiger partial charge < -0.3 is 19.2 Å². The Morgan fingerprint density at radius 2 is 1.74 bits per heavy atom. The summed E-state index contributed by atoms with van der Waals surface area (Å²) >= 11 is 6.21. The number of methoxy groups -OCH3 is 1. The molecule has 0 fully saturated rings. The number of anilines is 1. The molecule has 3 aromatic carbocycles. The summed E-state index contributed by atoms with van der Waals surface area (Å²) in [6.07, 6.45) is 0. The topological polar surface area (TPSA) is 94.8 Å². The van der Waals surface area contributed by atoms with E-state index in [2.05, 4.69) is 10.1 Å². The van der Waals surface area contributed by atoms with Gasteiger partial charge in [0.05, 0.1) is 18.1 Å². The van der Waals surface area contributed by atoms with Gasteiger partial charge in [-0.25, -0.2) is 4.79 Å². The Morgan fingerprint density at radius 1 is 1.03 bits per heavy atom. The number of aryl methyl sites for hydroxylation is 1. The zero-order valence-electron chi connectivity index (χ0n) is 18.4. The van der Waals surface area contributed by atoms with Crippen LogP contribution >= 0.6 is 11.6 Å². The Labute approximate surface area is 199 Å². The number of rotatable bonds is 6. The first-order valence-electron chi connectivity index (χ1n) is 10.3. The average Bonchev–Trinajstić information content (AvgIpc) is 2.85. The molecule has 1 aromatic heterocycles. The van der Waals surface area contributed by atoms with E-state index in [1.165, 1.54) is 25.3 Å². The zero-order chi connectivity index (χ0) is 24.2. The molecule has 0 unspecified atom stereocenters. The predicted molar refractivity (Wildman–Crippen MR) is 130 cm³/mol. The van der Waals surface area contributed by atoms with Crippen molar-refractivity contribution in [3.63, 3.8) is 0 Å². The number of ether oxygens (including phenoxy) is 2. The molecule has 1 N–H and O–H groups in total. The van der Waals surface area contributed by atoms with Crippen LogP contribution in [0.4, 0.5) is 5.69 Å². The van der Waals surface area contributed by atoms with Gasteiger partial charge in [-0.2, -0.15) is 0 Å². The smallest absolute Gasteiger partial charge is 0.337 e. The van der Waals surface area contributed by atoms with Crippen molar-refractivity contribution in [2.45, 2.75) is 6.92 Å². The maximum Gasteiger partial charge on any atom is 0.337 e. The number of carbonyl (C=O) groups excluding carboxylic acids is 2. The first-order chi connectivity index (χ1) is 16.4. The van der Waals surface area contributed by atoms with E-state index in [1.54, 1.807) is 42.5 Å². The third-order valence-corrected chi connectivity index (χ3v) is 5.51. The van der Waals surface area contributed by atoms with Crippen molar-refractivity contribution in [3.8, 4) is 17.1 Å². The van der Waals surface area contributed by atoms with Gasteiger partial charge in [0.15, 0.2) is 12.4 Å². The summed E-state index contributed by atoms with van der Waals surface area (Å²) in [6.45, 7) is 1.38. The summed E-state index contributed by atoms with van der Waals surface area (Å²) in [4.78, 5) is 37.3. The maximum absolute atomic E-state index is 13.3. The first-order valence-corrected chi connectivity index (χ1v) is 10.7. The van der Waals surface area contributed by atoms with Crippen molar-refractivity contribution in [1.82, 2.24) is 0 Å². The van der Waals surface area contributed by atoms with E-state index < -0.39 is 23.9 Å². The quantitative estimate of drug-likeness (QED) is 0.382. The molecule has 1 amide bonds. The van der Waals surface area contributed by atoms with Gasteiger partial charge in [-0.1, -0.05) is 41.9 Å². The van der Waals surface area contributed by atoms with Crippen LogP contribution in [0.25, 0.3) is 22.3 Å². The second kappa shape index (κ2) is 9.80. The molecule has 0 aliphatic heterocycles. The number of benzene rings is 3. The van der Waals surface area contributed by atoms with E-state index in [-0.39, 0.29) is 16.9 Å². The molecule has 34 heavy (non-hydrogen) atoms. The largest absolute Gasteiger partial charge is 0.476 e. The lowest BCUT2D eigenvalue weighted by molar-refractivity contribution is -0.118. The van der Waals surface area contributed by atoms with E-state index in [9.17, 15) is 14.4 Å². The Balaban J connectivity index is 1.62. The zero-order valence-corrected chi connectivity index (χ0v) is 19.1. The number of hydrogen-bond donors (Lipinski definition) is 1. The van der Waals surface area contributed by atoms with E-state index in [0.717, 1.165) is 5.56 Å². The van der Waals surface area contributed by atoms with Crippen LogP contribution in [0.5, 0.6) is 5.75 Å². The van der Waals surface area contributed by atoms with Crippen LogP contribution in [0.2, 0.25) is 5.02 Å². The van der Waals surface area contributed by atoms with Crippen molar-refractivity contribution >= 4 is 40.1 Å². The molecule has 172 valence electrons. The van der Waals surface area contributed by atoms with Crippen LogP contribution in [-0.2, 0) is 9.53 Å². The van der Waals surface area contributed by atoms with Gasteiger partial charge in [0.25, 0.3) is 5.91 Å². The van der Waals surface area contributed by atoms with Crippen LogP contribution in [-0.4, -0.2) is 25.6 Å². The Morgan fingerprint density at radius 3 is 2.41 bits per heavy atom. The van der Waals surface area contributed by atoms with E-state index >= 15 is 0 Å². The Hall–Kier alpha value is -4.10. The molecule has 4 aromatic rings. The number of carbonyl (C=O) groups is 2. The molecule has 0 radical (unpaired) electrons. The molecule has 0 bridgehead atoms. The molecule has 0 aliphatic carbocycles. The van der Waals surface area contributed by atoms with Crippen molar-refractivity contribution in [3.05, 3.63) is 93.1 Å². The second-order valence-electron chi connectivity index (χ2n) is 7.46. The highest BCUT2D eigenvalue weighted by atomic mass is 35.5. The number of amides is 1. The first kappa shape index (κ1) is 23.1. The van der Waals surface area contributed by atoms with E-state index in [4.69, 9.17) is 20.8 Å². The average molecular weight is 478 g/mol. The Kier molecular flexibility index (Phi) is 6.65. The summed E-state index contributed by atoms with van der Waals surface area (Å²) in [5.74, 6) is -0.843. The van der Waals surface area contributed by atoms with Gasteiger partial charge in [0, 0.05) is 16.3 Å². The molecular weight excluding hydrogens is 458 g/mol. The van der Waals surface area contributed by atoms with Gasteiger partial charge in [-0.15, -0.1) is 0 Å². The predicted octanol–water partition coefficient (Wildman–Crippen LogP) is 5.23. The minimum absolute atomic E-state index is 0.0881. The highest BCUT2D eigenvalue weighted by Crippen LogP contribution is 2.32. The normalized spacial score (nSPS) is 10.7. The van der Waals surface area contributed by atoms with Gasteiger partial charge in [-0.3, -0.25) is 9.59 Å². The van der Waals surface area contributed by atoms with Gasteiger partial charge in [0.1, 0.15) is 5.58 Å². The molecule has 0 aliphatic rings. The third-order valence-electron chi connectivity index (χ3n) is 5.10. The lowest BCUT2D eigenvalue weighted by atomic mass is 10.1. The summed E-state index contributed by atoms with van der Waals surface area (Å²) in [6, 6.07) is 18.4. The van der Waals surface area contributed by atoms with Crippen molar-refractivity contribution in [1.29, 1.82) is 0 Å². The van der Waals surface area contributed by atoms with Crippen LogP contribution in [0.1, 0.15) is 15.9 Å². The summed E-state index contributed by atoms with van der Waals surface area (Å²) < 4.78 is 16.4. The summed E-state index contributed by atoms with van der Waals surface area (Å²) in [5, 5.41) is 3.34. The number of fused-ring (bicyclic) bond motifs is 1. The minimum Gasteiger partial charge on any atom is -0.476 e. The molecule has 0 saturated carbocycles. The minimum atomic E-state index is -0.494. The van der Waals surface area contributed by atoms with Crippen molar-refractivity contribution in [2.24, 2.45) is 0 Å². The third kappa shape index (κ3) is 4.79. The van der Waals surface area contributed by atoms with Crippen LogP contribution < -0.4 is 15.5 Å². The van der Waals surface area contributed by atoms with Crippen molar-refractivity contribution < 1.29 is 23.5 Å². The summed E-state index contributed by atoms with van der Waals surface area (Å²) in [5.41, 5.74) is 2.14. The molecule has 4 rings (SSSR count). The number of esters is 1. The highest BCUT2D eigenvalue weighted by molar-refractivity contribution is 6.32. The van der Waals surface area contributed by atoms with E-state index in [1.807, 2.05) is 13.0 Å². The van der Waals surface area contributed by atoms with Crippen molar-refractivity contribution in [2.75, 3.05) is 19.0 Å². The molecule has 0 spiro atoms. The maximum atomic E-state index is 13.3. The number of nitrogens with one attached hydrogen (secondary N) is 1. The molecular formula is C26H20ClNO6. The van der Waals surface area contributed by atoms with Crippen LogP contribution in [0, 0.1) is 6.92 Å². The monoisotopic (exact) mass is 477 g/mol. The highest BCUT2D eigenvalue weighted by Gasteiger charge is 2.20. The second-order valence-corrected chi connectivity index (χ2v) is 7.87. The molecule has 0 atom stereocenters. The fourth-order valence-electron chi connectivity index (χ4n) is 3.35. The SMILES string of the molecule is COC(=O)c1ccc(NC(=O)COc2c(-c3ccccc3)oc3cc(C)c(Cl)cc3c2=O)cc1. The number of halogens is 1. The Bertz CT molecular complexity index is 1430.